The number of hydrogen-bond acceptors (Lipinski definition) is 5. The second kappa shape index (κ2) is 9.79. The van der Waals surface area contributed by atoms with Crippen LogP contribution in [0.5, 0.6) is 5.75 Å². The van der Waals surface area contributed by atoms with Crippen molar-refractivity contribution in [1.29, 1.82) is 0 Å². The highest BCUT2D eigenvalue weighted by molar-refractivity contribution is 5.96. The molecule has 2 N–H and O–H groups in total. The van der Waals surface area contributed by atoms with Crippen molar-refractivity contribution in [3.8, 4) is 5.75 Å². The molecule has 0 spiro atoms. The van der Waals surface area contributed by atoms with Crippen LogP contribution in [0.3, 0.4) is 0 Å². The molecule has 0 bridgehead atoms. The maximum atomic E-state index is 12.1. The van der Waals surface area contributed by atoms with Gasteiger partial charge in [-0.2, -0.15) is 0 Å². The Hall–Kier alpha value is -2.57. The summed E-state index contributed by atoms with van der Waals surface area (Å²) in [5.74, 6) is -0.646. The molecule has 26 heavy (non-hydrogen) atoms. The first-order valence-electron chi connectivity index (χ1n) is 9.04. The first kappa shape index (κ1) is 19.8. The summed E-state index contributed by atoms with van der Waals surface area (Å²) in [5.41, 5.74) is 0.340. The molecule has 1 aromatic carbocycles. The molecule has 1 atom stereocenters. The number of urea groups is 1. The zero-order chi connectivity index (χ0) is 18.9. The van der Waals surface area contributed by atoms with Gasteiger partial charge in [0.05, 0.1) is 12.2 Å². The van der Waals surface area contributed by atoms with Crippen LogP contribution in [0.15, 0.2) is 24.3 Å². The molecular formula is C19H26N2O5. The van der Waals surface area contributed by atoms with Crippen molar-refractivity contribution in [2.45, 2.75) is 58.1 Å². The van der Waals surface area contributed by atoms with Crippen LogP contribution in [0.4, 0.5) is 4.79 Å². The van der Waals surface area contributed by atoms with Gasteiger partial charge in [0.15, 0.2) is 6.10 Å². The summed E-state index contributed by atoms with van der Waals surface area (Å²) in [4.78, 5) is 35.8. The molecule has 1 fully saturated rings. The highest BCUT2D eigenvalue weighted by Crippen LogP contribution is 2.17. The van der Waals surface area contributed by atoms with Crippen LogP contribution in [0.25, 0.3) is 0 Å². The average molecular weight is 362 g/mol. The van der Waals surface area contributed by atoms with Gasteiger partial charge in [0.25, 0.3) is 5.91 Å². The van der Waals surface area contributed by atoms with Gasteiger partial charge in [-0.3, -0.25) is 10.1 Å². The van der Waals surface area contributed by atoms with Gasteiger partial charge in [0.2, 0.25) is 0 Å². The van der Waals surface area contributed by atoms with Gasteiger partial charge >= 0.3 is 12.0 Å². The van der Waals surface area contributed by atoms with E-state index in [0.29, 0.717) is 11.3 Å². The molecule has 0 aromatic heterocycles. The van der Waals surface area contributed by atoms with Gasteiger partial charge < -0.3 is 14.8 Å². The van der Waals surface area contributed by atoms with Gasteiger partial charge in [0, 0.05) is 6.04 Å². The fraction of sp³-hybridized carbons (Fsp3) is 0.526. The molecule has 1 aliphatic carbocycles. The van der Waals surface area contributed by atoms with Gasteiger partial charge in [-0.05, 0) is 44.9 Å². The van der Waals surface area contributed by atoms with Gasteiger partial charge in [-0.1, -0.05) is 25.3 Å². The van der Waals surface area contributed by atoms with E-state index in [4.69, 9.17) is 9.47 Å². The number of esters is 1. The maximum absolute atomic E-state index is 12.1. The smallest absolute Gasteiger partial charge is 0.338 e. The van der Waals surface area contributed by atoms with E-state index in [9.17, 15) is 14.4 Å². The van der Waals surface area contributed by atoms with Crippen molar-refractivity contribution in [2.75, 3.05) is 6.61 Å². The van der Waals surface area contributed by atoms with Crippen molar-refractivity contribution in [2.24, 2.45) is 0 Å². The van der Waals surface area contributed by atoms with E-state index in [-0.39, 0.29) is 12.6 Å². The SMILES string of the molecule is CCOC(=O)c1cccc(O[C@H](C)C(=O)NC(=O)NC2CCCCC2)c1. The molecule has 142 valence electrons. The molecule has 0 heterocycles. The Kier molecular flexibility index (Phi) is 7.44. The number of carbonyl (C=O) groups excluding carboxylic acids is 3. The monoisotopic (exact) mass is 362 g/mol. The fourth-order valence-electron chi connectivity index (χ4n) is 2.85. The highest BCUT2D eigenvalue weighted by Gasteiger charge is 2.21. The van der Waals surface area contributed by atoms with Crippen LogP contribution in [0, 0.1) is 0 Å². The lowest BCUT2D eigenvalue weighted by atomic mass is 9.96. The van der Waals surface area contributed by atoms with E-state index in [1.54, 1.807) is 32.0 Å². The normalized spacial score (nSPS) is 15.6. The van der Waals surface area contributed by atoms with Crippen LogP contribution in [-0.4, -0.2) is 36.7 Å². The van der Waals surface area contributed by atoms with E-state index < -0.39 is 24.0 Å². The molecule has 0 radical (unpaired) electrons. The standard InChI is InChI=1S/C19H26N2O5/c1-3-25-18(23)14-8-7-11-16(12-14)26-13(2)17(22)21-19(24)20-15-9-5-4-6-10-15/h7-8,11-13,15H,3-6,9-10H2,1-2H3,(H2,20,21,22,24)/t13-/m1/s1. The van der Waals surface area contributed by atoms with Gasteiger partial charge in [-0.15, -0.1) is 0 Å². The van der Waals surface area contributed by atoms with Crippen molar-refractivity contribution >= 4 is 17.9 Å². The number of amides is 3. The van der Waals surface area contributed by atoms with E-state index >= 15 is 0 Å². The highest BCUT2D eigenvalue weighted by atomic mass is 16.5. The lowest BCUT2D eigenvalue weighted by Crippen LogP contribution is -2.48. The van der Waals surface area contributed by atoms with Crippen LogP contribution in [0.1, 0.15) is 56.3 Å². The predicted molar refractivity (Wildman–Crippen MR) is 96.0 cm³/mol. The van der Waals surface area contributed by atoms with E-state index in [1.807, 2.05) is 0 Å². The first-order chi connectivity index (χ1) is 12.5. The van der Waals surface area contributed by atoms with Gasteiger partial charge in [-0.25, -0.2) is 9.59 Å². The number of nitrogens with one attached hydrogen (secondary N) is 2. The van der Waals surface area contributed by atoms with Crippen molar-refractivity contribution in [3.05, 3.63) is 29.8 Å². The summed E-state index contributed by atoms with van der Waals surface area (Å²) in [6, 6.07) is 6.00. The number of imide groups is 1. The summed E-state index contributed by atoms with van der Waals surface area (Å²) >= 11 is 0. The Bertz CT molecular complexity index is 641. The molecule has 0 aliphatic heterocycles. The fourth-order valence-corrected chi connectivity index (χ4v) is 2.85. The van der Waals surface area contributed by atoms with Crippen LogP contribution < -0.4 is 15.4 Å². The zero-order valence-electron chi connectivity index (χ0n) is 15.2. The quantitative estimate of drug-likeness (QED) is 0.759. The minimum Gasteiger partial charge on any atom is -0.481 e. The topological polar surface area (TPSA) is 93.7 Å². The zero-order valence-corrected chi connectivity index (χ0v) is 15.2. The lowest BCUT2D eigenvalue weighted by molar-refractivity contribution is -0.126. The Morgan fingerprint density at radius 1 is 1.19 bits per heavy atom. The first-order valence-corrected chi connectivity index (χ1v) is 9.04. The lowest BCUT2D eigenvalue weighted by Gasteiger charge is -2.23. The van der Waals surface area contributed by atoms with Crippen LogP contribution >= 0.6 is 0 Å². The summed E-state index contributed by atoms with van der Waals surface area (Å²) < 4.78 is 10.5. The molecule has 1 aromatic rings. The predicted octanol–water partition coefficient (Wildman–Crippen LogP) is 2.79. The van der Waals surface area contributed by atoms with E-state index in [1.165, 1.54) is 12.5 Å². The van der Waals surface area contributed by atoms with Crippen molar-refractivity contribution < 1.29 is 23.9 Å². The number of ether oxygens (including phenoxy) is 2. The van der Waals surface area contributed by atoms with Crippen molar-refractivity contribution in [1.82, 2.24) is 10.6 Å². The molecule has 1 aliphatic rings. The Morgan fingerprint density at radius 3 is 2.62 bits per heavy atom. The number of benzene rings is 1. The van der Waals surface area contributed by atoms with E-state index in [0.717, 1.165) is 25.7 Å². The Labute approximate surface area is 153 Å². The number of rotatable bonds is 6. The van der Waals surface area contributed by atoms with Crippen LogP contribution in [0.2, 0.25) is 0 Å². The second-order valence-electron chi connectivity index (χ2n) is 6.31. The summed E-state index contributed by atoms with van der Waals surface area (Å²) in [5, 5.41) is 5.12. The molecule has 1 saturated carbocycles. The minimum absolute atomic E-state index is 0.119. The molecule has 7 heteroatoms. The summed E-state index contributed by atoms with van der Waals surface area (Å²) in [6.07, 6.45) is 4.37. The molecule has 2 rings (SSSR count). The second-order valence-corrected chi connectivity index (χ2v) is 6.31. The molecular weight excluding hydrogens is 336 g/mol. The van der Waals surface area contributed by atoms with Crippen LogP contribution in [-0.2, 0) is 9.53 Å². The van der Waals surface area contributed by atoms with E-state index in [2.05, 4.69) is 10.6 Å². The average Bonchev–Trinajstić information content (AvgIpc) is 2.62. The third kappa shape index (κ3) is 6.06. The number of carbonyl (C=O) groups is 3. The Morgan fingerprint density at radius 2 is 1.92 bits per heavy atom. The summed E-state index contributed by atoms with van der Waals surface area (Å²) in [6.45, 7) is 3.54. The van der Waals surface area contributed by atoms with Gasteiger partial charge in [0.1, 0.15) is 5.75 Å². The molecule has 0 saturated heterocycles. The minimum atomic E-state index is -0.885. The Balaban J connectivity index is 1.85. The molecule has 7 nitrogen and oxygen atoms in total. The third-order valence-electron chi connectivity index (χ3n) is 4.20. The number of hydrogen-bond donors (Lipinski definition) is 2. The van der Waals surface area contributed by atoms with Crippen molar-refractivity contribution in [3.63, 3.8) is 0 Å². The largest absolute Gasteiger partial charge is 0.481 e. The third-order valence-corrected chi connectivity index (χ3v) is 4.20. The molecule has 0 unspecified atom stereocenters. The molecule has 3 amide bonds. The maximum Gasteiger partial charge on any atom is 0.338 e. The summed E-state index contributed by atoms with van der Waals surface area (Å²) in [7, 11) is 0.